The lowest BCUT2D eigenvalue weighted by molar-refractivity contribution is 0.879. The minimum absolute atomic E-state index is 0.698. The summed E-state index contributed by atoms with van der Waals surface area (Å²) < 4.78 is 1.72. The molecule has 2 heterocycles. The first-order valence-corrected chi connectivity index (χ1v) is 5.85. The molecule has 3 aromatic rings. The topological polar surface area (TPSA) is 68.5 Å². The van der Waals surface area contributed by atoms with E-state index in [1.807, 2.05) is 24.3 Å². The van der Waals surface area contributed by atoms with E-state index in [0.717, 1.165) is 16.9 Å². The molecule has 0 unspecified atom stereocenters. The highest BCUT2D eigenvalue weighted by Crippen LogP contribution is 2.12. The van der Waals surface area contributed by atoms with Crippen molar-refractivity contribution in [2.45, 2.75) is 6.54 Å². The number of anilines is 1. The van der Waals surface area contributed by atoms with Gasteiger partial charge in [0, 0.05) is 30.2 Å². The lowest BCUT2D eigenvalue weighted by atomic mass is 10.2. The number of benzene rings is 1. The van der Waals surface area contributed by atoms with Crippen molar-refractivity contribution in [3.05, 3.63) is 61.2 Å². The zero-order valence-electron chi connectivity index (χ0n) is 10.1. The van der Waals surface area contributed by atoms with Gasteiger partial charge in [0.1, 0.15) is 19.0 Å². The molecule has 0 atom stereocenters. The van der Waals surface area contributed by atoms with Crippen molar-refractivity contribution in [3.63, 3.8) is 0 Å². The first-order valence-electron chi connectivity index (χ1n) is 5.85. The number of hydrogen-bond acceptors (Lipinski definition) is 5. The van der Waals surface area contributed by atoms with Gasteiger partial charge in [-0.3, -0.25) is 0 Å². The van der Waals surface area contributed by atoms with E-state index in [1.165, 1.54) is 12.7 Å². The van der Waals surface area contributed by atoms with E-state index in [4.69, 9.17) is 0 Å². The highest BCUT2D eigenvalue weighted by Gasteiger charge is 1.98. The average molecular weight is 252 g/mol. The van der Waals surface area contributed by atoms with Crippen LogP contribution in [-0.2, 0) is 6.54 Å². The van der Waals surface area contributed by atoms with Gasteiger partial charge < -0.3 is 5.32 Å². The van der Waals surface area contributed by atoms with Crippen LogP contribution in [0.5, 0.6) is 0 Å². The molecule has 6 nitrogen and oxygen atoms in total. The molecular weight excluding hydrogens is 240 g/mol. The predicted molar refractivity (Wildman–Crippen MR) is 70.7 cm³/mol. The summed E-state index contributed by atoms with van der Waals surface area (Å²) in [6.07, 6.45) is 8.30. The fraction of sp³-hybridized carbons (Fsp3) is 0.0769. The Bertz CT molecular complexity index is 618. The van der Waals surface area contributed by atoms with Crippen LogP contribution in [0.15, 0.2) is 55.6 Å². The maximum atomic E-state index is 4.08. The number of hydrogen-bond donors (Lipinski definition) is 1. The Morgan fingerprint density at radius 1 is 0.947 bits per heavy atom. The molecule has 2 aromatic heterocycles. The van der Waals surface area contributed by atoms with Gasteiger partial charge in [0.05, 0.1) is 5.69 Å². The second-order valence-electron chi connectivity index (χ2n) is 3.99. The average Bonchev–Trinajstić information content (AvgIpc) is 3.01. The number of nitrogens with one attached hydrogen (secondary N) is 1. The number of nitrogens with zero attached hydrogens (tertiary/aromatic N) is 5. The Kier molecular flexibility index (Phi) is 3.14. The van der Waals surface area contributed by atoms with E-state index >= 15 is 0 Å². The summed E-state index contributed by atoms with van der Waals surface area (Å²) in [5, 5.41) is 7.39. The number of aromatic nitrogens is 5. The van der Waals surface area contributed by atoms with E-state index < -0.39 is 0 Å². The minimum atomic E-state index is 0.698. The molecule has 0 radical (unpaired) electrons. The molecule has 0 bridgehead atoms. The SMILES string of the molecule is c1ncc(CNc2ccc(-n3cncn3)cc2)cn1. The van der Waals surface area contributed by atoms with Crippen LogP contribution in [0.25, 0.3) is 5.69 Å². The summed E-state index contributed by atoms with van der Waals surface area (Å²) in [5.41, 5.74) is 3.06. The van der Waals surface area contributed by atoms with Gasteiger partial charge in [-0.05, 0) is 24.3 Å². The van der Waals surface area contributed by atoms with Crippen LogP contribution in [0.3, 0.4) is 0 Å². The fourth-order valence-electron chi connectivity index (χ4n) is 1.70. The van der Waals surface area contributed by atoms with Gasteiger partial charge >= 0.3 is 0 Å². The van der Waals surface area contributed by atoms with Gasteiger partial charge in [-0.15, -0.1) is 0 Å². The molecule has 1 N–H and O–H groups in total. The van der Waals surface area contributed by atoms with Gasteiger partial charge in [0.15, 0.2) is 0 Å². The molecule has 0 fully saturated rings. The van der Waals surface area contributed by atoms with Crippen LogP contribution in [0.1, 0.15) is 5.56 Å². The zero-order chi connectivity index (χ0) is 12.9. The molecule has 0 saturated carbocycles. The summed E-state index contributed by atoms with van der Waals surface area (Å²) >= 11 is 0. The molecule has 3 rings (SSSR count). The summed E-state index contributed by atoms with van der Waals surface area (Å²) in [6, 6.07) is 7.97. The summed E-state index contributed by atoms with van der Waals surface area (Å²) in [6.45, 7) is 0.698. The van der Waals surface area contributed by atoms with Gasteiger partial charge in [-0.2, -0.15) is 5.10 Å². The zero-order valence-corrected chi connectivity index (χ0v) is 10.1. The first kappa shape index (κ1) is 11.3. The van der Waals surface area contributed by atoms with Gasteiger partial charge in [-0.25, -0.2) is 19.6 Å². The molecule has 0 spiro atoms. The molecule has 0 aliphatic carbocycles. The molecule has 6 heteroatoms. The number of rotatable bonds is 4. The lowest BCUT2D eigenvalue weighted by Crippen LogP contribution is -2.01. The largest absolute Gasteiger partial charge is 0.381 e. The fourth-order valence-corrected chi connectivity index (χ4v) is 1.70. The molecular formula is C13H12N6. The van der Waals surface area contributed by atoms with Gasteiger partial charge in [0.25, 0.3) is 0 Å². The standard InChI is InChI=1S/C13H12N6/c1-3-13(19-10-16-9-18-19)4-2-12(1)17-7-11-5-14-8-15-6-11/h1-6,8-10,17H,7H2. The third-order valence-electron chi connectivity index (χ3n) is 2.66. The van der Waals surface area contributed by atoms with Crippen molar-refractivity contribution < 1.29 is 0 Å². The van der Waals surface area contributed by atoms with Crippen molar-refractivity contribution in [2.75, 3.05) is 5.32 Å². The highest BCUT2D eigenvalue weighted by molar-refractivity contribution is 5.48. The molecule has 94 valence electrons. The van der Waals surface area contributed by atoms with E-state index in [1.54, 1.807) is 23.4 Å². The Labute approximate surface area is 110 Å². The van der Waals surface area contributed by atoms with Crippen molar-refractivity contribution in [2.24, 2.45) is 0 Å². The van der Waals surface area contributed by atoms with Crippen molar-refractivity contribution in [1.82, 2.24) is 24.7 Å². The van der Waals surface area contributed by atoms with Crippen molar-refractivity contribution in [1.29, 1.82) is 0 Å². The van der Waals surface area contributed by atoms with Crippen molar-refractivity contribution >= 4 is 5.69 Å². The van der Waals surface area contributed by atoms with Crippen LogP contribution in [0.2, 0.25) is 0 Å². The molecule has 19 heavy (non-hydrogen) atoms. The Hall–Kier alpha value is -2.76. The van der Waals surface area contributed by atoms with E-state index in [0.29, 0.717) is 6.54 Å². The monoisotopic (exact) mass is 252 g/mol. The molecule has 0 aliphatic rings. The maximum Gasteiger partial charge on any atom is 0.138 e. The quantitative estimate of drug-likeness (QED) is 0.765. The van der Waals surface area contributed by atoms with Crippen LogP contribution in [-0.4, -0.2) is 24.7 Å². The second kappa shape index (κ2) is 5.26. The van der Waals surface area contributed by atoms with Gasteiger partial charge in [-0.1, -0.05) is 0 Å². The van der Waals surface area contributed by atoms with Gasteiger partial charge in [0.2, 0.25) is 0 Å². The van der Waals surface area contributed by atoms with E-state index in [2.05, 4.69) is 25.4 Å². The Morgan fingerprint density at radius 3 is 2.42 bits per heavy atom. The lowest BCUT2D eigenvalue weighted by Gasteiger charge is -2.07. The minimum Gasteiger partial charge on any atom is -0.381 e. The van der Waals surface area contributed by atoms with Crippen molar-refractivity contribution in [3.8, 4) is 5.69 Å². The second-order valence-corrected chi connectivity index (χ2v) is 3.99. The molecule has 0 aliphatic heterocycles. The smallest absolute Gasteiger partial charge is 0.138 e. The molecule has 1 aromatic carbocycles. The third kappa shape index (κ3) is 2.74. The van der Waals surface area contributed by atoms with Crippen LogP contribution in [0.4, 0.5) is 5.69 Å². The summed E-state index contributed by atoms with van der Waals surface area (Å²) in [5.74, 6) is 0. The normalized spacial score (nSPS) is 10.3. The Morgan fingerprint density at radius 2 is 1.74 bits per heavy atom. The Balaban J connectivity index is 1.67. The van der Waals surface area contributed by atoms with E-state index in [9.17, 15) is 0 Å². The third-order valence-corrected chi connectivity index (χ3v) is 2.66. The van der Waals surface area contributed by atoms with Crippen LogP contribution < -0.4 is 5.32 Å². The predicted octanol–water partition coefficient (Wildman–Crippen LogP) is 1.67. The summed E-state index contributed by atoms with van der Waals surface area (Å²) in [4.78, 5) is 11.9. The van der Waals surface area contributed by atoms with Crippen LogP contribution >= 0.6 is 0 Å². The maximum absolute atomic E-state index is 4.08. The summed E-state index contributed by atoms with van der Waals surface area (Å²) in [7, 11) is 0. The van der Waals surface area contributed by atoms with E-state index in [-0.39, 0.29) is 0 Å². The van der Waals surface area contributed by atoms with Crippen LogP contribution in [0, 0.1) is 0 Å². The highest BCUT2D eigenvalue weighted by atomic mass is 15.3. The first-order chi connectivity index (χ1) is 9.42. The molecule has 0 amide bonds. The molecule has 0 saturated heterocycles.